The summed E-state index contributed by atoms with van der Waals surface area (Å²) >= 11 is 0. The van der Waals surface area contributed by atoms with Gasteiger partial charge >= 0.3 is 0 Å². The van der Waals surface area contributed by atoms with Crippen molar-refractivity contribution in [3.05, 3.63) is 0 Å². The highest BCUT2D eigenvalue weighted by Crippen LogP contribution is 2.24. The van der Waals surface area contributed by atoms with Crippen LogP contribution >= 0.6 is 0 Å². The van der Waals surface area contributed by atoms with Gasteiger partial charge in [0.25, 0.3) is 5.91 Å². The molecule has 0 spiro atoms. The molecule has 0 fully saturated rings. The summed E-state index contributed by atoms with van der Waals surface area (Å²) in [5.41, 5.74) is 4.27. The molecule has 0 saturated carbocycles. The predicted octanol–water partition coefficient (Wildman–Crippen LogP) is 0.585. The van der Waals surface area contributed by atoms with E-state index in [1.165, 1.54) is 0 Å². The summed E-state index contributed by atoms with van der Waals surface area (Å²) in [6.07, 6.45) is 1.24. The van der Waals surface area contributed by atoms with E-state index in [-0.39, 0.29) is 5.91 Å². The van der Waals surface area contributed by atoms with E-state index < -0.39 is 16.9 Å². The quantitative estimate of drug-likeness (QED) is 0.689. The lowest BCUT2D eigenvalue weighted by molar-refractivity contribution is -0.139. The Balaban J connectivity index is 3.12. The van der Waals surface area contributed by atoms with Gasteiger partial charge in [0.2, 0.25) is 5.91 Å². The van der Waals surface area contributed by atoms with Crippen molar-refractivity contribution in [1.29, 1.82) is 0 Å². The normalized spacial score (nSPS) is 20.4. The van der Waals surface area contributed by atoms with E-state index in [4.69, 9.17) is 5.73 Å². The van der Waals surface area contributed by atoms with E-state index in [0.717, 1.165) is 0 Å². The maximum absolute atomic E-state index is 11.7. The molecule has 3 N–H and O–H groups in total. The third-order valence-corrected chi connectivity index (χ3v) is 3.28. The first-order chi connectivity index (χ1) is 7.28. The summed E-state index contributed by atoms with van der Waals surface area (Å²) in [4.78, 5) is 27.4. The lowest BCUT2D eigenvalue weighted by Gasteiger charge is -2.34. The fraction of sp³-hybridized carbons (Fsp3) is 0.727. The minimum absolute atomic E-state index is 0.298. The van der Waals surface area contributed by atoms with Crippen LogP contribution in [-0.2, 0) is 9.59 Å². The zero-order valence-electron chi connectivity index (χ0n) is 10.3. The fourth-order valence-corrected chi connectivity index (χ4v) is 1.45. The van der Waals surface area contributed by atoms with Gasteiger partial charge in [-0.1, -0.05) is 13.8 Å². The molecule has 0 radical (unpaired) electrons. The van der Waals surface area contributed by atoms with Gasteiger partial charge in [-0.05, 0) is 26.7 Å². The molecule has 0 aromatic carbocycles. The monoisotopic (exact) mass is 225 g/mol. The van der Waals surface area contributed by atoms with E-state index in [1.54, 1.807) is 13.8 Å². The molecule has 0 aromatic rings. The van der Waals surface area contributed by atoms with Crippen LogP contribution in [0.1, 0.15) is 40.5 Å². The van der Waals surface area contributed by atoms with Crippen LogP contribution in [0.15, 0.2) is 4.99 Å². The van der Waals surface area contributed by atoms with Crippen molar-refractivity contribution in [2.75, 3.05) is 0 Å². The number of nitrogens with zero attached hydrogens (tertiary/aromatic N) is 1. The maximum atomic E-state index is 11.7. The largest absolute Gasteiger partial charge is 0.319 e. The lowest BCUT2D eigenvalue weighted by Crippen LogP contribution is -2.60. The Labute approximate surface area is 95.5 Å². The number of amidine groups is 1. The molecule has 1 rings (SSSR count). The van der Waals surface area contributed by atoms with E-state index >= 15 is 0 Å². The van der Waals surface area contributed by atoms with Crippen LogP contribution in [0.5, 0.6) is 0 Å². The van der Waals surface area contributed by atoms with Gasteiger partial charge in [-0.3, -0.25) is 9.59 Å². The van der Waals surface area contributed by atoms with Gasteiger partial charge in [-0.2, -0.15) is 4.99 Å². The Morgan fingerprint density at radius 3 is 2.19 bits per heavy atom. The molecule has 16 heavy (non-hydrogen) atoms. The molecule has 1 aliphatic heterocycles. The summed E-state index contributed by atoms with van der Waals surface area (Å²) in [7, 11) is 0. The second kappa shape index (κ2) is 3.97. The first kappa shape index (κ1) is 12.8. The number of hydrogen-bond acceptors (Lipinski definition) is 3. The molecule has 1 heterocycles. The van der Waals surface area contributed by atoms with E-state index in [9.17, 15) is 9.59 Å². The van der Waals surface area contributed by atoms with E-state index in [0.29, 0.717) is 18.7 Å². The standard InChI is InChI=1S/C11H19N3O2/c1-5-11(12,6-2)7-13-8(15)10(3,4)9(16)14-7/h5-6,12H2,1-4H3,(H,13,14,15,16). The molecule has 5 heteroatoms. The summed E-state index contributed by atoms with van der Waals surface area (Å²) in [5, 5.41) is 2.64. The summed E-state index contributed by atoms with van der Waals surface area (Å²) in [6.45, 7) is 6.92. The van der Waals surface area contributed by atoms with E-state index in [1.807, 2.05) is 13.8 Å². The van der Waals surface area contributed by atoms with Gasteiger partial charge in [-0.15, -0.1) is 0 Å². The maximum Gasteiger partial charge on any atom is 0.262 e. The first-order valence-corrected chi connectivity index (χ1v) is 5.52. The van der Waals surface area contributed by atoms with Crippen LogP contribution in [0.25, 0.3) is 0 Å². The number of rotatable bonds is 3. The minimum atomic E-state index is -1.09. The van der Waals surface area contributed by atoms with Crippen LogP contribution in [0.3, 0.4) is 0 Å². The highest BCUT2D eigenvalue weighted by atomic mass is 16.2. The third-order valence-electron chi connectivity index (χ3n) is 3.28. The van der Waals surface area contributed by atoms with Crippen molar-refractivity contribution in [3.63, 3.8) is 0 Å². The van der Waals surface area contributed by atoms with Crippen LogP contribution < -0.4 is 11.1 Å². The average molecular weight is 225 g/mol. The SMILES string of the molecule is CCC(N)(CC)C1=NC(=O)C(C)(C)C(=O)N1. The van der Waals surface area contributed by atoms with Crippen LogP contribution in [-0.4, -0.2) is 23.2 Å². The molecule has 5 nitrogen and oxygen atoms in total. The van der Waals surface area contributed by atoms with Gasteiger partial charge in [0.1, 0.15) is 11.3 Å². The van der Waals surface area contributed by atoms with Gasteiger partial charge in [0.15, 0.2) is 0 Å². The number of hydrogen-bond donors (Lipinski definition) is 2. The number of nitrogens with two attached hydrogens (primary N) is 1. The van der Waals surface area contributed by atoms with E-state index in [2.05, 4.69) is 10.3 Å². The highest BCUT2D eigenvalue weighted by Gasteiger charge is 2.43. The minimum Gasteiger partial charge on any atom is -0.319 e. The number of carbonyl (C=O) groups is 2. The smallest absolute Gasteiger partial charge is 0.262 e. The Morgan fingerprint density at radius 1 is 1.31 bits per heavy atom. The summed E-state index contributed by atoms with van der Waals surface area (Å²) in [5.74, 6) is -0.464. The highest BCUT2D eigenvalue weighted by molar-refractivity contribution is 6.20. The molecular formula is C11H19N3O2. The zero-order valence-corrected chi connectivity index (χ0v) is 10.3. The molecule has 0 saturated heterocycles. The predicted molar refractivity (Wildman–Crippen MR) is 61.9 cm³/mol. The van der Waals surface area contributed by atoms with Crippen LogP contribution in [0.4, 0.5) is 0 Å². The van der Waals surface area contributed by atoms with Crippen LogP contribution in [0.2, 0.25) is 0 Å². The Bertz CT molecular complexity index is 354. The van der Waals surface area contributed by atoms with Gasteiger partial charge in [0.05, 0.1) is 5.54 Å². The lowest BCUT2D eigenvalue weighted by atomic mass is 9.86. The fourth-order valence-electron chi connectivity index (χ4n) is 1.45. The topological polar surface area (TPSA) is 84.5 Å². The second-order valence-corrected chi connectivity index (χ2v) is 4.71. The summed E-state index contributed by atoms with van der Waals surface area (Å²) < 4.78 is 0. The summed E-state index contributed by atoms with van der Waals surface area (Å²) in [6, 6.07) is 0. The molecule has 0 unspecified atom stereocenters. The van der Waals surface area contributed by atoms with Crippen molar-refractivity contribution in [2.24, 2.45) is 16.1 Å². The Kier molecular flexibility index (Phi) is 3.19. The average Bonchev–Trinajstić information content (AvgIpc) is 2.24. The number of carbonyl (C=O) groups excluding carboxylic acids is 2. The van der Waals surface area contributed by atoms with Gasteiger partial charge < -0.3 is 11.1 Å². The van der Waals surface area contributed by atoms with Crippen molar-refractivity contribution in [1.82, 2.24) is 5.32 Å². The van der Waals surface area contributed by atoms with Crippen molar-refractivity contribution in [3.8, 4) is 0 Å². The Morgan fingerprint density at radius 2 is 1.81 bits per heavy atom. The van der Waals surface area contributed by atoms with Crippen molar-refractivity contribution in [2.45, 2.75) is 46.1 Å². The molecule has 0 aliphatic carbocycles. The molecule has 0 bridgehead atoms. The number of amides is 2. The molecule has 0 aromatic heterocycles. The molecule has 1 aliphatic rings. The molecule has 2 amide bonds. The third kappa shape index (κ3) is 1.87. The van der Waals surface area contributed by atoms with Gasteiger partial charge in [0, 0.05) is 0 Å². The number of nitrogens with one attached hydrogen (secondary N) is 1. The second-order valence-electron chi connectivity index (χ2n) is 4.71. The first-order valence-electron chi connectivity index (χ1n) is 5.52. The van der Waals surface area contributed by atoms with Crippen molar-refractivity contribution >= 4 is 17.6 Å². The van der Waals surface area contributed by atoms with Crippen molar-refractivity contribution < 1.29 is 9.59 Å². The molecule has 0 atom stereocenters. The molecular weight excluding hydrogens is 206 g/mol. The van der Waals surface area contributed by atoms with Gasteiger partial charge in [-0.25, -0.2) is 0 Å². The zero-order chi connectivity index (χ0) is 12.6. The molecule has 90 valence electrons. The Hall–Kier alpha value is -1.23. The van der Waals surface area contributed by atoms with Crippen LogP contribution in [0, 0.1) is 5.41 Å². The number of aliphatic imine (C=N–C) groups is 1.